The lowest BCUT2D eigenvalue weighted by Gasteiger charge is -2.29. The van der Waals surface area contributed by atoms with Crippen LogP contribution in [0.1, 0.15) is 40.3 Å². The van der Waals surface area contributed by atoms with Crippen LogP contribution in [0.4, 0.5) is 17.1 Å². The average Bonchev–Trinajstić information content (AvgIpc) is 3.40. The van der Waals surface area contributed by atoms with Crippen LogP contribution in [-0.4, -0.2) is 43.4 Å². The minimum atomic E-state index is -3.40. The van der Waals surface area contributed by atoms with E-state index in [0.717, 1.165) is 51.5 Å². The van der Waals surface area contributed by atoms with Crippen molar-refractivity contribution < 1.29 is 8.42 Å². The van der Waals surface area contributed by atoms with Gasteiger partial charge in [-0.3, -0.25) is 9.71 Å². The van der Waals surface area contributed by atoms with Gasteiger partial charge >= 0.3 is 0 Å². The first kappa shape index (κ1) is 27.7. The molecule has 0 unspecified atom stereocenters. The van der Waals surface area contributed by atoms with Gasteiger partial charge in [0.15, 0.2) is 5.11 Å². The standard InChI is InChI=1S/C30H34N6O2S2/c1-19-17-24(14-15-26(19)33-40(6,37)38)36-29(28(32-30(36)39)27-9-7-8-16-31-27)25-18-20(2)35(21(25)3)23-12-10-22(11-13-23)34(4)5/h7-18,28-29,33H,1-6H3,(H,32,39)/t28-,29+/m0/s1. The number of thiocarbonyl (C=S) groups is 1. The van der Waals surface area contributed by atoms with E-state index >= 15 is 0 Å². The number of aromatic nitrogens is 2. The second-order valence-electron chi connectivity index (χ2n) is 10.4. The van der Waals surface area contributed by atoms with Crippen LogP contribution in [0.2, 0.25) is 0 Å². The minimum absolute atomic E-state index is 0.184. The summed E-state index contributed by atoms with van der Waals surface area (Å²) >= 11 is 5.92. The number of aryl methyl sites for hydroxylation is 2. The van der Waals surface area contributed by atoms with Gasteiger partial charge in [-0.15, -0.1) is 0 Å². The third kappa shape index (κ3) is 5.29. The van der Waals surface area contributed by atoms with Crippen molar-refractivity contribution in [3.8, 4) is 5.69 Å². The summed E-state index contributed by atoms with van der Waals surface area (Å²) in [6, 6.07) is 21.9. The van der Waals surface area contributed by atoms with Crippen molar-refractivity contribution in [2.45, 2.75) is 32.9 Å². The molecule has 10 heteroatoms. The molecule has 1 aliphatic heterocycles. The van der Waals surface area contributed by atoms with E-state index in [1.165, 1.54) is 0 Å². The van der Waals surface area contributed by atoms with Gasteiger partial charge in [0.2, 0.25) is 10.0 Å². The Hall–Kier alpha value is -3.89. The fourth-order valence-electron chi connectivity index (χ4n) is 5.45. The molecule has 1 fully saturated rings. The predicted molar refractivity (Wildman–Crippen MR) is 167 cm³/mol. The van der Waals surface area contributed by atoms with Gasteiger partial charge in [0.25, 0.3) is 0 Å². The Morgan fingerprint density at radius 1 is 0.975 bits per heavy atom. The molecule has 2 aromatic heterocycles. The Labute approximate surface area is 241 Å². The zero-order chi connectivity index (χ0) is 28.8. The number of pyridine rings is 1. The molecule has 8 nitrogen and oxygen atoms in total. The fraction of sp³-hybridized carbons (Fsp3) is 0.267. The lowest BCUT2D eigenvalue weighted by Crippen LogP contribution is -2.29. The van der Waals surface area contributed by atoms with Gasteiger partial charge in [0, 0.05) is 48.7 Å². The largest absolute Gasteiger partial charge is 0.378 e. The number of sulfonamides is 1. The molecule has 4 aromatic rings. The van der Waals surface area contributed by atoms with Crippen molar-refractivity contribution in [3.05, 3.63) is 101 Å². The number of rotatable bonds is 7. The molecule has 0 spiro atoms. The van der Waals surface area contributed by atoms with Gasteiger partial charge in [0.1, 0.15) is 0 Å². The van der Waals surface area contributed by atoms with Crippen LogP contribution in [-0.2, 0) is 10.0 Å². The molecule has 0 bridgehead atoms. The van der Waals surface area contributed by atoms with Crippen molar-refractivity contribution in [3.63, 3.8) is 0 Å². The molecule has 2 N–H and O–H groups in total. The predicted octanol–water partition coefficient (Wildman–Crippen LogP) is 5.41. The molecule has 40 heavy (non-hydrogen) atoms. The van der Waals surface area contributed by atoms with Gasteiger partial charge in [0.05, 0.1) is 29.7 Å². The lowest BCUT2D eigenvalue weighted by molar-refractivity contribution is 0.565. The zero-order valence-corrected chi connectivity index (χ0v) is 25.1. The number of anilines is 3. The fourth-order valence-corrected chi connectivity index (χ4v) is 6.42. The van der Waals surface area contributed by atoms with E-state index in [4.69, 9.17) is 12.2 Å². The first-order valence-electron chi connectivity index (χ1n) is 13.0. The molecule has 0 radical (unpaired) electrons. The van der Waals surface area contributed by atoms with E-state index < -0.39 is 10.0 Å². The maximum absolute atomic E-state index is 11.9. The molecule has 3 heterocycles. The van der Waals surface area contributed by atoms with Crippen LogP contribution in [0.25, 0.3) is 5.69 Å². The maximum Gasteiger partial charge on any atom is 0.229 e. The van der Waals surface area contributed by atoms with E-state index in [9.17, 15) is 8.42 Å². The summed E-state index contributed by atoms with van der Waals surface area (Å²) in [7, 11) is 0.672. The lowest BCUT2D eigenvalue weighted by atomic mass is 9.96. The zero-order valence-electron chi connectivity index (χ0n) is 23.5. The van der Waals surface area contributed by atoms with Gasteiger partial charge in [-0.2, -0.15) is 0 Å². The molecular weight excluding hydrogens is 541 g/mol. The Morgan fingerprint density at radius 2 is 1.68 bits per heavy atom. The van der Waals surface area contributed by atoms with Crippen LogP contribution < -0.4 is 19.8 Å². The van der Waals surface area contributed by atoms with E-state index in [2.05, 4.69) is 73.6 Å². The van der Waals surface area contributed by atoms with Crippen molar-refractivity contribution in [2.75, 3.05) is 34.9 Å². The molecule has 2 atom stereocenters. The van der Waals surface area contributed by atoms with Crippen LogP contribution in [0.5, 0.6) is 0 Å². The monoisotopic (exact) mass is 574 g/mol. The van der Waals surface area contributed by atoms with Gasteiger partial charge in [-0.25, -0.2) is 8.42 Å². The normalized spacial score (nSPS) is 17.1. The van der Waals surface area contributed by atoms with Crippen molar-refractivity contribution >= 4 is 44.4 Å². The molecule has 208 valence electrons. The number of hydrogen-bond acceptors (Lipinski definition) is 5. The molecule has 0 aliphatic carbocycles. The first-order valence-corrected chi connectivity index (χ1v) is 15.3. The Bertz CT molecular complexity index is 1660. The number of nitrogens with one attached hydrogen (secondary N) is 2. The third-order valence-electron chi connectivity index (χ3n) is 7.29. The Morgan fingerprint density at radius 3 is 2.27 bits per heavy atom. The topological polar surface area (TPSA) is 82.5 Å². The molecule has 0 saturated carbocycles. The highest BCUT2D eigenvalue weighted by atomic mass is 32.2. The van der Waals surface area contributed by atoms with Crippen LogP contribution in [0.3, 0.4) is 0 Å². The van der Waals surface area contributed by atoms with Crippen LogP contribution in [0.15, 0.2) is 72.9 Å². The molecule has 1 aliphatic rings. The summed E-state index contributed by atoms with van der Waals surface area (Å²) in [4.78, 5) is 8.88. The summed E-state index contributed by atoms with van der Waals surface area (Å²) in [5, 5.41) is 4.11. The van der Waals surface area contributed by atoms with Crippen LogP contribution in [0, 0.1) is 20.8 Å². The van der Waals surface area contributed by atoms with Crippen LogP contribution >= 0.6 is 12.2 Å². The van der Waals surface area contributed by atoms with Gasteiger partial charge in [-0.05, 0) is 105 Å². The van der Waals surface area contributed by atoms with E-state index in [1.807, 2.05) is 51.4 Å². The number of hydrogen-bond donors (Lipinski definition) is 2. The van der Waals surface area contributed by atoms with E-state index in [-0.39, 0.29) is 12.1 Å². The van der Waals surface area contributed by atoms with E-state index in [1.54, 1.807) is 12.3 Å². The van der Waals surface area contributed by atoms with Crippen molar-refractivity contribution in [2.24, 2.45) is 0 Å². The highest BCUT2D eigenvalue weighted by molar-refractivity contribution is 7.92. The summed E-state index contributed by atoms with van der Waals surface area (Å²) in [5.41, 5.74) is 8.71. The minimum Gasteiger partial charge on any atom is -0.378 e. The highest BCUT2D eigenvalue weighted by Crippen LogP contribution is 2.44. The molecular formula is C30H34N6O2S2. The van der Waals surface area contributed by atoms with Crippen molar-refractivity contribution in [1.29, 1.82) is 0 Å². The first-order chi connectivity index (χ1) is 18.9. The van der Waals surface area contributed by atoms with E-state index in [0.29, 0.717) is 10.8 Å². The van der Waals surface area contributed by atoms with Gasteiger partial charge < -0.3 is 19.7 Å². The summed E-state index contributed by atoms with van der Waals surface area (Å²) < 4.78 is 28.6. The molecule has 5 rings (SSSR count). The number of benzene rings is 2. The summed E-state index contributed by atoms with van der Waals surface area (Å²) in [6.45, 7) is 6.15. The Balaban J connectivity index is 1.63. The second kappa shape index (κ2) is 10.6. The Kier molecular flexibility index (Phi) is 7.32. The maximum atomic E-state index is 11.9. The SMILES string of the molecule is Cc1cc(N2C(=S)N[C@@H](c3ccccn3)[C@H]2c2cc(C)n(-c3ccc(N(C)C)cc3)c2C)ccc1NS(C)(=O)=O. The summed E-state index contributed by atoms with van der Waals surface area (Å²) in [6.07, 6.45) is 2.95. The molecule has 1 saturated heterocycles. The highest BCUT2D eigenvalue weighted by Gasteiger charge is 2.42. The summed E-state index contributed by atoms with van der Waals surface area (Å²) in [5.74, 6) is 0. The van der Waals surface area contributed by atoms with Crippen molar-refractivity contribution in [1.82, 2.24) is 14.9 Å². The molecule has 0 amide bonds. The third-order valence-corrected chi connectivity index (χ3v) is 8.20. The number of nitrogens with zero attached hydrogens (tertiary/aromatic N) is 4. The smallest absolute Gasteiger partial charge is 0.229 e. The quantitative estimate of drug-likeness (QED) is 0.286. The van der Waals surface area contributed by atoms with Gasteiger partial charge in [-0.1, -0.05) is 6.07 Å². The molecule has 2 aromatic carbocycles. The average molecular weight is 575 g/mol. The second-order valence-corrected chi connectivity index (χ2v) is 12.6.